The van der Waals surface area contributed by atoms with Crippen molar-refractivity contribution in [2.24, 2.45) is 0 Å². The van der Waals surface area contributed by atoms with Gasteiger partial charge in [0.2, 0.25) is 5.95 Å². The average molecular weight is 685 g/mol. The van der Waals surface area contributed by atoms with Gasteiger partial charge in [-0.3, -0.25) is 37.0 Å². The minimum absolute atomic E-state index is 0.107. The van der Waals surface area contributed by atoms with E-state index in [4.69, 9.17) is 43.8 Å². The van der Waals surface area contributed by atoms with Crippen molar-refractivity contribution >= 4 is 49.6 Å². The molecular formula is C22H25N9O13P2. The van der Waals surface area contributed by atoms with Crippen LogP contribution in [0.25, 0.3) is 22.3 Å². The summed E-state index contributed by atoms with van der Waals surface area (Å²) in [5, 5.41) is 11.1. The maximum atomic E-state index is 13.4. The van der Waals surface area contributed by atoms with E-state index in [0.29, 0.717) is 16.9 Å². The third-order valence-corrected chi connectivity index (χ3v) is 10.1. The molecule has 8 rings (SSSR count). The van der Waals surface area contributed by atoms with Gasteiger partial charge in [0.05, 0.1) is 38.2 Å². The Kier molecular flexibility index (Phi) is 6.72. The molecule has 8 heterocycles. The maximum absolute atomic E-state index is 13.4. The van der Waals surface area contributed by atoms with Crippen LogP contribution < -0.4 is 17.0 Å². The molecule has 46 heavy (non-hydrogen) atoms. The van der Waals surface area contributed by atoms with E-state index < -0.39 is 83.0 Å². The fourth-order valence-corrected chi connectivity index (χ4v) is 8.03. The van der Waals surface area contributed by atoms with E-state index in [2.05, 4.69) is 24.9 Å². The van der Waals surface area contributed by atoms with Crippen molar-refractivity contribution in [3.8, 4) is 0 Å². The number of imidazole rings is 2. The number of nitrogens with one attached hydrogen (secondary N) is 1. The molecule has 10 atom stereocenters. The van der Waals surface area contributed by atoms with Gasteiger partial charge in [0.1, 0.15) is 41.6 Å². The summed E-state index contributed by atoms with van der Waals surface area (Å²) in [5.74, 6) is -0.268. The molecule has 0 aliphatic carbocycles. The number of phosphoric ester groups is 2. The van der Waals surface area contributed by atoms with Crippen LogP contribution in [0.15, 0.2) is 29.7 Å². The monoisotopic (exact) mass is 685 g/mol. The second-order valence-corrected chi connectivity index (χ2v) is 13.8. The summed E-state index contributed by atoms with van der Waals surface area (Å²) in [7, 11) is -10.1. The Morgan fingerprint density at radius 1 is 0.957 bits per heavy atom. The summed E-state index contributed by atoms with van der Waals surface area (Å²) < 4.78 is 68.9. The van der Waals surface area contributed by atoms with E-state index >= 15 is 0 Å². The van der Waals surface area contributed by atoms with Crippen LogP contribution in [0.1, 0.15) is 12.5 Å². The lowest BCUT2D eigenvalue weighted by atomic mass is 10.0. The van der Waals surface area contributed by atoms with E-state index in [0.717, 1.165) is 10.9 Å². The molecule has 0 spiro atoms. The number of nitrogen functional groups attached to an aromatic ring is 2. The van der Waals surface area contributed by atoms with Gasteiger partial charge in [-0.1, -0.05) is 0 Å². The van der Waals surface area contributed by atoms with Gasteiger partial charge in [0.15, 0.2) is 29.3 Å². The highest BCUT2D eigenvalue weighted by Gasteiger charge is 2.66. The van der Waals surface area contributed by atoms with Gasteiger partial charge in [-0.2, -0.15) is 4.98 Å². The van der Waals surface area contributed by atoms with Crippen molar-refractivity contribution < 1.29 is 56.3 Å². The van der Waals surface area contributed by atoms with E-state index in [1.165, 1.54) is 17.1 Å². The Bertz CT molecular complexity index is 2020. The summed E-state index contributed by atoms with van der Waals surface area (Å²) in [6, 6.07) is 1.56. The average Bonchev–Trinajstić information content (AvgIpc) is 3.80. The number of pyridine rings is 1. The molecule has 4 aliphatic rings. The summed E-state index contributed by atoms with van der Waals surface area (Å²) in [5.41, 5.74) is 10.0. The number of hydrogen-bond donors (Lipinski definition) is 6. The van der Waals surface area contributed by atoms with Crippen LogP contribution in [0.3, 0.4) is 0 Å². The molecule has 22 nitrogen and oxygen atoms in total. The van der Waals surface area contributed by atoms with Gasteiger partial charge >= 0.3 is 15.6 Å². The van der Waals surface area contributed by atoms with Gasteiger partial charge < -0.3 is 40.6 Å². The predicted octanol–water partition coefficient (Wildman–Crippen LogP) is -1.33. The Morgan fingerprint density at radius 2 is 1.70 bits per heavy atom. The lowest BCUT2D eigenvalue weighted by Gasteiger charge is -2.32. The Balaban J connectivity index is 1.14. The molecule has 4 bridgehead atoms. The SMILES string of the molecule is Nc1nc2c(ncn2[C@@H]2O[C@@H]3COP(=O)(O)OC4[C@@H]5OC[C@]4(COP(=O)(O)O[C@H]2C3O)O[C@H]5n2cnc3c(N)ccnc32)c(=O)[nH]1. The van der Waals surface area contributed by atoms with Crippen LogP contribution in [0.4, 0.5) is 11.6 Å². The highest BCUT2D eigenvalue weighted by atomic mass is 31.2. The van der Waals surface area contributed by atoms with Crippen molar-refractivity contribution in [1.82, 2.24) is 34.1 Å². The first kappa shape index (κ1) is 30.0. The number of nitrogens with zero attached hydrogens (tertiary/aromatic N) is 6. The second-order valence-electron chi connectivity index (χ2n) is 11.0. The molecule has 4 unspecified atom stereocenters. The smallest absolute Gasteiger partial charge is 0.397 e. The topological polar surface area (TPSA) is 306 Å². The third-order valence-electron chi connectivity index (χ3n) is 8.15. The van der Waals surface area contributed by atoms with Crippen LogP contribution in [0.2, 0.25) is 0 Å². The first-order chi connectivity index (χ1) is 21.8. The predicted molar refractivity (Wildman–Crippen MR) is 148 cm³/mol. The first-order valence-corrected chi connectivity index (χ1v) is 16.6. The minimum atomic E-state index is -5.10. The molecule has 8 N–H and O–H groups in total. The number of hydrogen-bond acceptors (Lipinski definition) is 17. The second kappa shape index (κ2) is 10.3. The van der Waals surface area contributed by atoms with E-state index in [1.54, 1.807) is 6.07 Å². The molecule has 4 aromatic rings. The number of rotatable bonds is 2. The lowest BCUT2D eigenvalue weighted by molar-refractivity contribution is -0.184. The largest absolute Gasteiger partial charge is 0.472 e. The zero-order chi connectivity index (χ0) is 32.2. The molecule has 0 saturated carbocycles. The van der Waals surface area contributed by atoms with Gasteiger partial charge in [-0.15, -0.1) is 0 Å². The van der Waals surface area contributed by atoms with Crippen LogP contribution in [0.5, 0.6) is 0 Å². The summed E-state index contributed by atoms with van der Waals surface area (Å²) >= 11 is 0. The number of phosphoric acid groups is 2. The molecular weight excluding hydrogens is 660 g/mol. The number of aromatic amines is 1. The molecule has 0 amide bonds. The van der Waals surface area contributed by atoms with E-state index in [9.17, 15) is 28.8 Å². The molecule has 4 saturated heterocycles. The third kappa shape index (κ3) is 4.69. The van der Waals surface area contributed by atoms with Gasteiger partial charge in [0, 0.05) is 6.20 Å². The van der Waals surface area contributed by atoms with Gasteiger partial charge in [-0.05, 0) is 6.07 Å². The van der Waals surface area contributed by atoms with Gasteiger partial charge in [0.25, 0.3) is 5.56 Å². The van der Waals surface area contributed by atoms with Crippen molar-refractivity contribution in [2.45, 2.75) is 48.6 Å². The Labute approximate surface area is 255 Å². The van der Waals surface area contributed by atoms with Crippen LogP contribution in [-0.4, -0.2) is 105 Å². The Morgan fingerprint density at radius 3 is 2.50 bits per heavy atom. The summed E-state index contributed by atoms with van der Waals surface area (Å²) in [6.45, 7) is -1.79. The van der Waals surface area contributed by atoms with Crippen molar-refractivity contribution in [2.75, 3.05) is 31.3 Å². The van der Waals surface area contributed by atoms with Crippen molar-refractivity contribution in [3.05, 3.63) is 35.3 Å². The number of nitrogens with two attached hydrogens (primary N) is 2. The number of ether oxygens (including phenoxy) is 3. The molecule has 4 aromatic heterocycles. The zero-order valence-corrected chi connectivity index (χ0v) is 24.9. The zero-order valence-electron chi connectivity index (χ0n) is 23.1. The quantitative estimate of drug-likeness (QED) is 0.133. The molecule has 4 aliphatic heterocycles. The Hall–Kier alpha value is -3.37. The molecule has 4 fully saturated rings. The highest BCUT2D eigenvalue weighted by molar-refractivity contribution is 7.47. The highest BCUT2D eigenvalue weighted by Crippen LogP contribution is 2.58. The number of aromatic nitrogens is 7. The van der Waals surface area contributed by atoms with Crippen LogP contribution in [0, 0.1) is 0 Å². The standard InChI is InChI=1S/C22H25N9O13P2/c23-8-1-2-25-16-10(8)26-6-30(16)20-14-15-22(42-20,4-38-14)5-40-46(36,37)43-13-12(32)9(3-39-45(34,35)44-15)41-19(13)31-7-27-11-17(31)28-21(24)29-18(11)33/h1-2,6-7,9,12-15,19-20,32H,3-5H2,(H2,23,25)(H,34,35)(H,36,37)(H3,24,28,29,33)/t9-,12?,13+,14+,15?,19-,20-,22-/m1/s1. The number of H-pyrrole nitrogens is 1. The van der Waals surface area contributed by atoms with Gasteiger partial charge in [-0.25, -0.2) is 24.1 Å². The van der Waals surface area contributed by atoms with Crippen LogP contribution in [-0.2, 0) is 41.4 Å². The van der Waals surface area contributed by atoms with Crippen molar-refractivity contribution in [1.29, 1.82) is 0 Å². The molecule has 24 heteroatoms. The van der Waals surface area contributed by atoms with Crippen LogP contribution >= 0.6 is 15.6 Å². The first-order valence-electron chi connectivity index (χ1n) is 13.6. The fraction of sp³-hybridized carbons (Fsp3) is 0.500. The van der Waals surface area contributed by atoms with E-state index in [1.807, 2.05) is 0 Å². The molecule has 246 valence electrons. The minimum Gasteiger partial charge on any atom is -0.397 e. The number of anilines is 2. The lowest BCUT2D eigenvalue weighted by Crippen LogP contribution is -2.45. The number of aliphatic hydroxyl groups excluding tert-OH is 1. The molecule has 0 radical (unpaired) electrons. The normalized spacial score (nSPS) is 39.7. The van der Waals surface area contributed by atoms with Crippen molar-refractivity contribution in [3.63, 3.8) is 0 Å². The number of fused-ring (bicyclic) bond motifs is 4. The molecule has 0 aromatic carbocycles. The summed E-state index contributed by atoms with van der Waals surface area (Å²) in [4.78, 5) is 52.8. The number of aliphatic hydroxyl groups is 1. The fourth-order valence-electron chi connectivity index (χ4n) is 6.05. The van der Waals surface area contributed by atoms with E-state index in [-0.39, 0.29) is 23.7 Å². The summed E-state index contributed by atoms with van der Waals surface area (Å²) in [6.07, 6.45) is -5.88. The maximum Gasteiger partial charge on any atom is 0.472 e.